The molecule has 0 aliphatic rings. The van der Waals surface area contributed by atoms with Crippen LogP contribution < -0.4 is 15.4 Å². The molecular weight excluding hydrogens is 400 g/mol. The van der Waals surface area contributed by atoms with Crippen LogP contribution in [0.4, 0.5) is 11.4 Å². The van der Waals surface area contributed by atoms with Gasteiger partial charge in [-0.1, -0.05) is 51.1 Å². The van der Waals surface area contributed by atoms with Crippen molar-refractivity contribution >= 4 is 23.2 Å². The topological polar surface area (TPSA) is 67.4 Å². The van der Waals surface area contributed by atoms with Gasteiger partial charge in [-0.15, -0.1) is 0 Å². The van der Waals surface area contributed by atoms with Gasteiger partial charge in [-0.25, -0.2) is 0 Å². The van der Waals surface area contributed by atoms with Gasteiger partial charge in [0.05, 0.1) is 11.7 Å². The zero-order chi connectivity index (χ0) is 23.3. The summed E-state index contributed by atoms with van der Waals surface area (Å²) in [4.78, 5) is 25.5. The third-order valence-electron chi connectivity index (χ3n) is 4.89. The molecule has 0 saturated carbocycles. The summed E-state index contributed by atoms with van der Waals surface area (Å²) in [5.41, 5.74) is 3.40. The largest absolute Gasteiger partial charge is 0.490 e. The first-order valence-corrected chi connectivity index (χ1v) is 10.7. The first-order valence-electron chi connectivity index (χ1n) is 10.7. The standard InChI is InChI=1S/C27H30N2O3/c1-18(2)32-24-12-7-6-11-23(24)26(31)29-22-10-8-9-21(17-22)28-25(30)19-13-15-20(16-14-19)27(3,4)5/h6-18H,1-5H3,(H,28,30)(H,29,31). The molecule has 166 valence electrons. The maximum absolute atomic E-state index is 12.8. The van der Waals surface area contributed by atoms with Crippen molar-refractivity contribution in [1.29, 1.82) is 0 Å². The number of para-hydroxylation sites is 1. The fourth-order valence-corrected chi connectivity index (χ4v) is 3.21. The van der Waals surface area contributed by atoms with Gasteiger partial charge < -0.3 is 15.4 Å². The van der Waals surface area contributed by atoms with Crippen molar-refractivity contribution in [3.05, 3.63) is 89.5 Å². The molecule has 0 aliphatic heterocycles. The number of carbonyl (C=O) groups is 2. The number of hydrogen-bond donors (Lipinski definition) is 2. The Morgan fingerprint density at radius 3 is 1.97 bits per heavy atom. The van der Waals surface area contributed by atoms with Crippen LogP contribution in [0, 0.1) is 0 Å². The molecule has 0 saturated heterocycles. The summed E-state index contributed by atoms with van der Waals surface area (Å²) < 4.78 is 5.74. The maximum Gasteiger partial charge on any atom is 0.259 e. The molecule has 0 aromatic heterocycles. The van der Waals surface area contributed by atoms with Crippen LogP contribution in [0.5, 0.6) is 5.75 Å². The zero-order valence-corrected chi connectivity index (χ0v) is 19.2. The SMILES string of the molecule is CC(C)Oc1ccccc1C(=O)Nc1cccc(NC(=O)c2ccc(C(C)(C)C)cc2)c1. The van der Waals surface area contributed by atoms with Gasteiger partial charge in [0.1, 0.15) is 5.75 Å². The second-order valence-corrected chi connectivity index (χ2v) is 8.98. The van der Waals surface area contributed by atoms with Crippen LogP contribution in [-0.2, 0) is 5.41 Å². The summed E-state index contributed by atoms with van der Waals surface area (Å²) in [6, 6.07) is 21.8. The van der Waals surface area contributed by atoms with E-state index in [1.165, 1.54) is 5.56 Å². The third kappa shape index (κ3) is 5.97. The van der Waals surface area contributed by atoms with Crippen LogP contribution in [0.1, 0.15) is 60.9 Å². The molecule has 2 N–H and O–H groups in total. The summed E-state index contributed by atoms with van der Waals surface area (Å²) in [5, 5.41) is 5.77. The Hall–Kier alpha value is -3.60. The number of anilines is 2. The number of nitrogens with one attached hydrogen (secondary N) is 2. The van der Waals surface area contributed by atoms with Gasteiger partial charge in [0, 0.05) is 16.9 Å². The lowest BCUT2D eigenvalue weighted by Crippen LogP contribution is -2.16. The first kappa shape index (κ1) is 23.1. The lowest BCUT2D eigenvalue weighted by Gasteiger charge is -2.19. The Bertz CT molecular complexity index is 1100. The second-order valence-electron chi connectivity index (χ2n) is 8.98. The summed E-state index contributed by atoms with van der Waals surface area (Å²) in [7, 11) is 0. The van der Waals surface area contributed by atoms with Crippen LogP contribution >= 0.6 is 0 Å². The fourth-order valence-electron chi connectivity index (χ4n) is 3.21. The molecule has 0 aliphatic carbocycles. The highest BCUT2D eigenvalue weighted by Gasteiger charge is 2.16. The van der Waals surface area contributed by atoms with Crippen molar-refractivity contribution < 1.29 is 14.3 Å². The van der Waals surface area contributed by atoms with E-state index in [0.29, 0.717) is 28.3 Å². The van der Waals surface area contributed by atoms with E-state index in [2.05, 4.69) is 31.4 Å². The average Bonchev–Trinajstić information content (AvgIpc) is 2.73. The van der Waals surface area contributed by atoms with E-state index in [0.717, 1.165) is 0 Å². The number of ether oxygens (including phenoxy) is 1. The Balaban J connectivity index is 1.71. The van der Waals surface area contributed by atoms with E-state index in [1.807, 2.05) is 44.2 Å². The third-order valence-corrected chi connectivity index (χ3v) is 4.89. The van der Waals surface area contributed by atoms with Gasteiger partial charge in [-0.2, -0.15) is 0 Å². The molecule has 2 amide bonds. The van der Waals surface area contributed by atoms with Crippen LogP contribution in [-0.4, -0.2) is 17.9 Å². The number of benzene rings is 3. The molecule has 0 fully saturated rings. The normalized spacial score (nSPS) is 11.2. The fraction of sp³-hybridized carbons (Fsp3) is 0.259. The Labute approximate surface area is 189 Å². The van der Waals surface area contributed by atoms with Crippen molar-refractivity contribution in [2.45, 2.75) is 46.1 Å². The van der Waals surface area contributed by atoms with E-state index in [-0.39, 0.29) is 23.3 Å². The van der Waals surface area contributed by atoms with E-state index in [9.17, 15) is 9.59 Å². The van der Waals surface area contributed by atoms with Crippen LogP contribution in [0.2, 0.25) is 0 Å². The number of rotatable bonds is 6. The van der Waals surface area contributed by atoms with E-state index >= 15 is 0 Å². The molecule has 0 radical (unpaired) electrons. The van der Waals surface area contributed by atoms with Gasteiger partial charge in [-0.3, -0.25) is 9.59 Å². The minimum absolute atomic E-state index is 0.0281. The van der Waals surface area contributed by atoms with Gasteiger partial charge in [0.2, 0.25) is 0 Å². The highest BCUT2D eigenvalue weighted by atomic mass is 16.5. The molecular formula is C27H30N2O3. The molecule has 3 aromatic rings. The van der Waals surface area contributed by atoms with Gasteiger partial charge in [0.15, 0.2) is 0 Å². The first-order chi connectivity index (χ1) is 15.1. The summed E-state index contributed by atoms with van der Waals surface area (Å²) in [6.45, 7) is 10.2. The molecule has 0 bridgehead atoms. The molecule has 5 nitrogen and oxygen atoms in total. The molecule has 3 rings (SSSR count). The van der Waals surface area contributed by atoms with Gasteiger partial charge in [-0.05, 0) is 67.3 Å². The van der Waals surface area contributed by atoms with Crippen molar-refractivity contribution in [3.63, 3.8) is 0 Å². The second kappa shape index (κ2) is 9.69. The van der Waals surface area contributed by atoms with Crippen LogP contribution in [0.25, 0.3) is 0 Å². The summed E-state index contributed by atoms with van der Waals surface area (Å²) in [5.74, 6) is 0.0512. The minimum atomic E-state index is -0.275. The van der Waals surface area contributed by atoms with Gasteiger partial charge >= 0.3 is 0 Å². The molecule has 0 atom stereocenters. The lowest BCUT2D eigenvalue weighted by atomic mass is 9.87. The van der Waals surface area contributed by atoms with Crippen molar-refractivity contribution in [3.8, 4) is 5.75 Å². The van der Waals surface area contributed by atoms with E-state index in [1.54, 1.807) is 42.5 Å². The monoisotopic (exact) mass is 430 g/mol. The number of hydrogen-bond acceptors (Lipinski definition) is 3. The molecule has 32 heavy (non-hydrogen) atoms. The molecule has 5 heteroatoms. The number of amides is 2. The zero-order valence-electron chi connectivity index (χ0n) is 19.2. The lowest BCUT2D eigenvalue weighted by molar-refractivity contribution is 0.101. The van der Waals surface area contributed by atoms with Crippen LogP contribution in [0.15, 0.2) is 72.8 Å². The van der Waals surface area contributed by atoms with E-state index < -0.39 is 0 Å². The Morgan fingerprint density at radius 2 is 1.38 bits per heavy atom. The quantitative estimate of drug-likeness (QED) is 0.484. The minimum Gasteiger partial charge on any atom is -0.490 e. The molecule has 0 unspecified atom stereocenters. The summed E-state index contributed by atoms with van der Waals surface area (Å²) in [6.07, 6.45) is -0.0417. The van der Waals surface area contributed by atoms with Crippen molar-refractivity contribution in [2.24, 2.45) is 0 Å². The highest BCUT2D eigenvalue weighted by molar-refractivity contribution is 6.07. The molecule has 0 heterocycles. The highest BCUT2D eigenvalue weighted by Crippen LogP contribution is 2.24. The van der Waals surface area contributed by atoms with Gasteiger partial charge in [0.25, 0.3) is 11.8 Å². The van der Waals surface area contributed by atoms with Crippen molar-refractivity contribution in [2.75, 3.05) is 10.6 Å². The predicted molar refractivity (Wildman–Crippen MR) is 130 cm³/mol. The average molecular weight is 431 g/mol. The predicted octanol–water partition coefficient (Wildman–Crippen LogP) is 6.28. The number of carbonyl (C=O) groups excluding carboxylic acids is 2. The Kier molecular flexibility index (Phi) is 6.98. The van der Waals surface area contributed by atoms with Crippen LogP contribution in [0.3, 0.4) is 0 Å². The molecule has 3 aromatic carbocycles. The molecule has 0 spiro atoms. The maximum atomic E-state index is 12.8. The van der Waals surface area contributed by atoms with Crippen molar-refractivity contribution in [1.82, 2.24) is 0 Å². The summed E-state index contributed by atoms with van der Waals surface area (Å²) >= 11 is 0. The smallest absolute Gasteiger partial charge is 0.259 e. The Morgan fingerprint density at radius 1 is 0.781 bits per heavy atom. The van der Waals surface area contributed by atoms with E-state index in [4.69, 9.17) is 4.74 Å².